The van der Waals surface area contributed by atoms with E-state index in [1.165, 1.54) is 0 Å². The highest BCUT2D eigenvalue weighted by atomic mass is 79.9. The predicted octanol–water partition coefficient (Wildman–Crippen LogP) is 3.24. The van der Waals surface area contributed by atoms with Gasteiger partial charge in [-0.1, -0.05) is 19.0 Å². The summed E-state index contributed by atoms with van der Waals surface area (Å²) in [5.41, 5.74) is 0.842. The van der Waals surface area contributed by atoms with Crippen molar-refractivity contribution in [3.8, 4) is 11.4 Å². The van der Waals surface area contributed by atoms with Crippen LogP contribution in [0.5, 0.6) is 0 Å². The van der Waals surface area contributed by atoms with Crippen molar-refractivity contribution in [2.75, 3.05) is 7.05 Å². The van der Waals surface area contributed by atoms with Gasteiger partial charge in [0.25, 0.3) is 0 Å². The minimum Gasteiger partial charge on any atom is -0.339 e. The molecule has 0 aliphatic carbocycles. The Morgan fingerprint density at radius 1 is 1.25 bits per heavy atom. The number of aromatic nitrogens is 3. The van der Waals surface area contributed by atoms with E-state index in [0.29, 0.717) is 17.6 Å². The number of hydrogen-bond acceptors (Lipinski definition) is 5. The molecule has 0 saturated carbocycles. The lowest BCUT2D eigenvalue weighted by Crippen LogP contribution is -2.32. The molecule has 0 radical (unpaired) electrons. The Morgan fingerprint density at radius 2 is 2.00 bits per heavy atom. The molecule has 2 atom stereocenters. The molecule has 5 nitrogen and oxygen atoms in total. The van der Waals surface area contributed by atoms with Crippen LogP contribution in [0.4, 0.5) is 0 Å². The summed E-state index contributed by atoms with van der Waals surface area (Å²) in [6, 6.07) is 2.19. The molecule has 2 heterocycles. The molecule has 0 aromatic carbocycles. The topological polar surface area (TPSA) is 63.8 Å². The zero-order valence-corrected chi connectivity index (χ0v) is 13.7. The summed E-state index contributed by atoms with van der Waals surface area (Å²) < 4.78 is 6.35. The van der Waals surface area contributed by atoms with Gasteiger partial charge in [0.15, 0.2) is 0 Å². The van der Waals surface area contributed by atoms with Crippen LogP contribution in [0.2, 0.25) is 0 Å². The largest absolute Gasteiger partial charge is 0.339 e. The van der Waals surface area contributed by atoms with Crippen molar-refractivity contribution in [3.05, 3.63) is 28.8 Å². The molecule has 0 spiro atoms. The third kappa shape index (κ3) is 3.24. The second-order valence-electron chi connectivity index (χ2n) is 5.20. The molecule has 2 rings (SSSR count). The van der Waals surface area contributed by atoms with Gasteiger partial charge in [-0.25, -0.2) is 0 Å². The molecular weight excluding hydrogens is 320 g/mol. The number of rotatable bonds is 5. The maximum absolute atomic E-state index is 5.46. The Labute approximate surface area is 127 Å². The van der Waals surface area contributed by atoms with E-state index in [2.05, 4.69) is 57.1 Å². The van der Waals surface area contributed by atoms with E-state index < -0.39 is 0 Å². The fourth-order valence-electron chi connectivity index (χ4n) is 2.28. The molecule has 0 saturated heterocycles. The summed E-state index contributed by atoms with van der Waals surface area (Å²) in [5.74, 6) is 1.83. The normalized spacial score (nSPS) is 14.5. The molecule has 6 heteroatoms. The van der Waals surface area contributed by atoms with E-state index in [9.17, 15) is 0 Å². The molecule has 0 bridgehead atoms. The summed E-state index contributed by atoms with van der Waals surface area (Å²) in [6.07, 6.45) is 3.45. The van der Waals surface area contributed by atoms with Crippen molar-refractivity contribution in [1.29, 1.82) is 0 Å². The Hall–Kier alpha value is -1.27. The minimum atomic E-state index is 0.182. The summed E-state index contributed by atoms with van der Waals surface area (Å²) >= 11 is 3.39. The molecule has 20 heavy (non-hydrogen) atoms. The van der Waals surface area contributed by atoms with Gasteiger partial charge in [-0.15, -0.1) is 0 Å². The monoisotopic (exact) mass is 338 g/mol. The lowest BCUT2D eigenvalue weighted by atomic mass is 9.89. The Morgan fingerprint density at radius 3 is 2.60 bits per heavy atom. The highest BCUT2D eigenvalue weighted by Gasteiger charge is 2.27. The first kappa shape index (κ1) is 15.1. The lowest BCUT2D eigenvalue weighted by Gasteiger charge is -2.23. The van der Waals surface area contributed by atoms with Gasteiger partial charge in [0.2, 0.25) is 11.7 Å². The quantitative estimate of drug-likeness (QED) is 0.906. The fraction of sp³-hybridized carbons (Fsp3) is 0.500. The van der Waals surface area contributed by atoms with E-state index in [1.807, 2.05) is 13.1 Å². The van der Waals surface area contributed by atoms with Gasteiger partial charge in [0.1, 0.15) is 0 Å². The second-order valence-corrected chi connectivity index (χ2v) is 6.11. The summed E-state index contributed by atoms with van der Waals surface area (Å²) in [4.78, 5) is 8.65. The van der Waals surface area contributed by atoms with Crippen molar-refractivity contribution >= 4 is 15.9 Å². The van der Waals surface area contributed by atoms with Gasteiger partial charge in [-0.2, -0.15) is 4.98 Å². The number of hydrogen-bond donors (Lipinski definition) is 1. The maximum atomic E-state index is 5.46. The van der Waals surface area contributed by atoms with Crippen LogP contribution >= 0.6 is 15.9 Å². The molecule has 108 valence electrons. The van der Waals surface area contributed by atoms with E-state index in [4.69, 9.17) is 4.52 Å². The number of likely N-dealkylation sites (N-methyl/N-ethyl adjacent to an activating group) is 1. The van der Waals surface area contributed by atoms with E-state index in [-0.39, 0.29) is 12.0 Å². The highest BCUT2D eigenvalue weighted by Crippen LogP contribution is 2.28. The average Bonchev–Trinajstić information content (AvgIpc) is 2.87. The van der Waals surface area contributed by atoms with E-state index >= 15 is 0 Å². The maximum Gasteiger partial charge on any atom is 0.231 e. The van der Waals surface area contributed by atoms with Crippen molar-refractivity contribution < 1.29 is 4.52 Å². The van der Waals surface area contributed by atoms with Gasteiger partial charge in [-0.05, 0) is 41.9 Å². The summed E-state index contributed by atoms with van der Waals surface area (Å²) in [5, 5.41) is 7.33. The molecule has 2 unspecified atom stereocenters. The van der Waals surface area contributed by atoms with Gasteiger partial charge in [-0.3, -0.25) is 4.98 Å². The van der Waals surface area contributed by atoms with Crippen LogP contribution in [-0.4, -0.2) is 28.2 Å². The average molecular weight is 339 g/mol. The number of nitrogens with zero attached hydrogens (tertiary/aromatic N) is 3. The minimum absolute atomic E-state index is 0.182. The predicted molar refractivity (Wildman–Crippen MR) is 81.3 cm³/mol. The van der Waals surface area contributed by atoms with Crippen LogP contribution in [0.1, 0.15) is 32.6 Å². The first-order valence-corrected chi connectivity index (χ1v) is 7.44. The Kier molecular flexibility index (Phi) is 4.88. The molecule has 0 amide bonds. The number of nitrogens with one attached hydrogen (secondary N) is 1. The van der Waals surface area contributed by atoms with Crippen LogP contribution in [0.3, 0.4) is 0 Å². The van der Waals surface area contributed by atoms with Gasteiger partial charge >= 0.3 is 0 Å². The van der Waals surface area contributed by atoms with Crippen molar-refractivity contribution in [1.82, 2.24) is 20.4 Å². The highest BCUT2D eigenvalue weighted by molar-refractivity contribution is 9.10. The molecule has 2 aromatic rings. The van der Waals surface area contributed by atoms with Crippen LogP contribution in [0.25, 0.3) is 11.4 Å². The zero-order valence-electron chi connectivity index (χ0n) is 12.1. The summed E-state index contributed by atoms with van der Waals surface area (Å²) in [7, 11) is 1.94. The van der Waals surface area contributed by atoms with Gasteiger partial charge in [0.05, 0.1) is 5.92 Å². The van der Waals surface area contributed by atoms with E-state index in [0.717, 1.165) is 10.0 Å². The fourth-order valence-corrected chi connectivity index (χ4v) is 2.64. The zero-order chi connectivity index (χ0) is 14.7. The van der Waals surface area contributed by atoms with Crippen LogP contribution in [-0.2, 0) is 0 Å². The molecular formula is C14H19BrN4O. The smallest absolute Gasteiger partial charge is 0.231 e. The molecule has 0 aliphatic rings. The standard InChI is InChI=1S/C14H19BrN4O/c1-8(2)12(9(3)16-4)14-18-13(19-20-14)10-5-11(15)7-17-6-10/h5-9,12,16H,1-4H3. The van der Waals surface area contributed by atoms with Crippen molar-refractivity contribution in [2.45, 2.75) is 32.7 Å². The Bertz CT molecular complexity index is 570. The number of halogens is 1. The molecule has 1 N–H and O–H groups in total. The van der Waals surface area contributed by atoms with Gasteiger partial charge in [0, 0.05) is 28.5 Å². The SMILES string of the molecule is CNC(C)C(c1nc(-c2cncc(Br)c2)no1)C(C)C. The summed E-state index contributed by atoms with van der Waals surface area (Å²) in [6.45, 7) is 6.43. The van der Waals surface area contributed by atoms with E-state index in [1.54, 1.807) is 12.4 Å². The van der Waals surface area contributed by atoms with Crippen molar-refractivity contribution in [2.24, 2.45) is 5.92 Å². The Balaban J connectivity index is 2.32. The van der Waals surface area contributed by atoms with Crippen LogP contribution < -0.4 is 5.32 Å². The van der Waals surface area contributed by atoms with Crippen molar-refractivity contribution in [3.63, 3.8) is 0 Å². The molecule has 0 aliphatic heterocycles. The van der Waals surface area contributed by atoms with Gasteiger partial charge < -0.3 is 9.84 Å². The van der Waals surface area contributed by atoms with Crippen LogP contribution in [0.15, 0.2) is 27.5 Å². The third-order valence-corrected chi connectivity index (χ3v) is 3.84. The number of pyridine rings is 1. The molecule has 0 fully saturated rings. The second kappa shape index (κ2) is 6.45. The lowest BCUT2D eigenvalue weighted by molar-refractivity contribution is 0.286. The first-order valence-electron chi connectivity index (χ1n) is 6.64. The molecule has 2 aromatic heterocycles. The van der Waals surface area contributed by atoms with Crippen LogP contribution in [0, 0.1) is 5.92 Å². The first-order chi connectivity index (χ1) is 9.52. The third-order valence-electron chi connectivity index (χ3n) is 3.40.